The Hall–Kier alpha value is -1.84. The van der Waals surface area contributed by atoms with Crippen LogP contribution < -0.4 is 0 Å². The van der Waals surface area contributed by atoms with Gasteiger partial charge in [0.25, 0.3) is 0 Å². The average Bonchev–Trinajstić information content (AvgIpc) is 2.61. The second-order valence-electron chi connectivity index (χ2n) is 6.76. The molecule has 4 heteroatoms. The standard InChI is InChI=1S/C21H32O4/c1-4-6-8-9-15-19(16(3)12-7-5-2)25-21(24)18-14-11-10-13-17(18)20(22)23/h10-11,13-14,16,19H,4-9,12,15H2,1-3H3,(H,22,23). The van der Waals surface area contributed by atoms with Gasteiger partial charge in [-0.2, -0.15) is 0 Å². The lowest BCUT2D eigenvalue weighted by atomic mass is 9.93. The number of hydrogen-bond acceptors (Lipinski definition) is 3. The minimum Gasteiger partial charge on any atom is -0.478 e. The van der Waals surface area contributed by atoms with Gasteiger partial charge in [-0.15, -0.1) is 0 Å². The number of esters is 1. The van der Waals surface area contributed by atoms with Crippen LogP contribution in [0, 0.1) is 5.92 Å². The summed E-state index contributed by atoms with van der Waals surface area (Å²) in [6, 6.07) is 6.25. The quantitative estimate of drug-likeness (QED) is 0.388. The molecular formula is C21H32O4. The minimum atomic E-state index is -1.11. The van der Waals surface area contributed by atoms with Gasteiger partial charge < -0.3 is 9.84 Å². The molecule has 0 fully saturated rings. The summed E-state index contributed by atoms with van der Waals surface area (Å²) in [5.74, 6) is -1.35. The minimum absolute atomic E-state index is 0.00144. The van der Waals surface area contributed by atoms with E-state index in [9.17, 15) is 14.7 Å². The van der Waals surface area contributed by atoms with E-state index in [1.54, 1.807) is 12.1 Å². The molecule has 0 bridgehead atoms. The van der Waals surface area contributed by atoms with Gasteiger partial charge in [0.05, 0.1) is 11.1 Å². The fraction of sp³-hybridized carbons (Fsp3) is 0.619. The largest absolute Gasteiger partial charge is 0.478 e. The summed E-state index contributed by atoms with van der Waals surface area (Å²) < 4.78 is 5.76. The molecule has 2 atom stereocenters. The number of unbranched alkanes of at least 4 members (excludes halogenated alkanes) is 4. The highest BCUT2D eigenvalue weighted by Crippen LogP contribution is 2.23. The predicted octanol–water partition coefficient (Wildman–Crippen LogP) is 5.71. The first-order valence-electron chi connectivity index (χ1n) is 9.54. The van der Waals surface area contributed by atoms with Crippen LogP contribution in [0.2, 0.25) is 0 Å². The van der Waals surface area contributed by atoms with Crippen molar-refractivity contribution < 1.29 is 19.4 Å². The normalized spacial score (nSPS) is 13.2. The van der Waals surface area contributed by atoms with Crippen molar-refractivity contribution in [1.82, 2.24) is 0 Å². The molecule has 0 aromatic heterocycles. The summed E-state index contributed by atoms with van der Waals surface area (Å²) in [5.41, 5.74) is 0.134. The Morgan fingerprint density at radius 2 is 1.60 bits per heavy atom. The molecule has 140 valence electrons. The molecule has 1 aromatic carbocycles. The molecule has 0 radical (unpaired) electrons. The molecule has 0 saturated heterocycles. The van der Waals surface area contributed by atoms with Crippen molar-refractivity contribution in [3.63, 3.8) is 0 Å². The van der Waals surface area contributed by atoms with Crippen molar-refractivity contribution in [2.45, 2.75) is 78.2 Å². The van der Waals surface area contributed by atoms with E-state index in [2.05, 4.69) is 20.8 Å². The monoisotopic (exact) mass is 348 g/mol. The molecule has 0 saturated carbocycles. The Bertz CT molecular complexity index is 538. The first-order chi connectivity index (χ1) is 12.0. The van der Waals surface area contributed by atoms with Crippen molar-refractivity contribution in [3.8, 4) is 0 Å². The number of carbonyl (C=O) groups excluding carboxylic acids is 1. The van der Waals surface area contributed by atoms with E-state index in [0.29, 0.717) is 0 Å². The van der Waals surface area contributed by atoms with E-state index >= 15 is 0 Å². The van der Waals surface area contributed by atoms with Gasteiger partial charge in [0.1, 0.15) is 6.10 Å². The van der Waals surface area contributed by atoms with Gasteiger partial charge in [-0.1, -0.05) is 65.0 Å². The first-order valence-corrected chi connectivity index (χ1v) is 9.54. The van der Waals surface area contributed by atoms with Crippen LogP contribution in [0.15, 0.2) is 24.3 Å². The lowest BCUT2D eigenvalue weighted by molar-refractivity contribution is 0.0109. The number of carboxylic acids is 1. The number of rotatable bonds is 12. The first kappa shape index (κ1) is 21.2. The third-order valence-electron chi connectivity index (χ3n) is 4.63. The Balaban J connectivity index is 2.81. The zero-order chi connectivity index (χ0) is 18.7. The van der Waals surface area contributed by atoms with Gasteiger partial charge in [0.2, 0.25) is 0 Å². The number of hydrogen-bond donors (Lipinski definition) is 1. The molecule has 4 nitrogen and oxygen atoms in total. The Morgan fingerprint density at radius 1 is 0.960 bits per heavy atom. The number of ether oxygens (including phenoxy) is 1. The second-order valence-corrected chi connectivity index (χ2v) is 6.76. The highest BCUT2D eigenvalue weighted by molar-refractivity contribution is 6.02. The van der Waals surface area contributed by atoms with Gasteiger partial charge in [-0.05, 0) is 37.3 Å². The summed E-state index contributed by atoms with van der Waals surface area (Å²) in [5, 5.41) is 9.27. The summed E-state index contributed by atoms with van der Waals surface area (Å²) in [4.78, 5) is 23.9. The number of benzene rings is 1. The topological polar surface area (TPSA) is 63.6 Å². The van der Waals surface area contributed by atoms with Gasteiger partial charge in [0.15, 0.2) is 0 Å². The maximum Gasteiger partial charge on any atom is 0.339 e. The number of carboxylic acid groups (broad SMARTS) is 1. The molecule has 0 aliphatic heterocycles. The van der Waals surface area contributed by atoms with Crippen LogP contribution in [0.4, 0.5) is 0 Å². The van der Waals surface area contributed by atoms with Crippen LogP contribution in [0.5, 0.6) is 0 Å². The molecule has 1 rings (SSSR count). The fourth-order valence-corrected chi connectivity index (χ4v) is 2.99. The van der Waals surface area contributed by atoms with Gasteiger partial charge in [-0.3, -0.25) is 0 Å². The lowest BCUT2D eigenvalue weighted by Crippen LogP contribution is -2.26. The van der Waals surface area contributed by atoms with E-state index in [4.69, 9.17) is 4.74 Å². The average molecular weight is 348 g/mol. The maximum absolute atomic E-state index is 12.6. The summed E-state index contributed by atoms with van der Waals surface area (Å²) in [7, 11) is 0. The molecule has 25 heavy (non-hydrogen) atoms. The number of aromatic carboxylic acids is 1. The molecule has 0 amide bonds. The van der Waals surface area contributed by atoms with E-state index < -0.39 is 11.9 Å². The third-order valence-corrected chi connectivity index (χ3v) is 4.63. The Labute approximate surface area is 151 Å². The summed E-state index contributed by atoms with van der Waals surface area (Å²) >= 11 is 0. The van der Waals surface area contributed by atoms with Gasteiger partial charge in [-0.25, -0.2) is 9.59 Å². The molecular weight excluding hydrogens is 316 g/mol. The van der Waals surface area contributed by atoms with Crippen LogP contribution in [0.1, 0.15) is 92.9 Å². The molecule has 0 aliphatic carbocycles. The van der Waals surface area contributed by atoms with Crippen molar-refractivity contribution in [2.75, 3.05) is 0 Å². The van der Waals surface area contributed by atoms with Gasteiger partial charge in [0, 0.05) is 0 Å². The van der Waals surface area contributed by atoms with Crippen LogP contribution in [0.25, 0.3) is 0 Å². The fourth-order valence-electron chi connectivity index (χ4n) is 2.99. The van der Waals surface area contributed by atoms with Crippen LogP contribution in [-0.4, -0.2) is 23.1 Å². The molecule has 0 spiro atoms. The highest BCUT2D eigenvalue weighted by atomic mass is 16.5. The molecule has 0 aliphatic rings. The van der Waals surface area contributed by atoms with E-state index in [1.807, 2.05) is 0 Å². The van der Waals surface area contributed by atoms with Crippen molar-refractivity contribution in [1.29, 1.82) is 0 Å². The van der Waals surface area contributed by atoms with Gasteiger partial charge >= 0.3 is 11.9 Å². The Morgan fingerprint density at radius 3 is 2.20 bits per heavy atom. The molecule has 0 heterocycles. The molecule has 1 N–H and O–H groups in total. The summed E-state index contributed by atoms with van der Waals surface area (Å²) in [6.45, 7) is 6.44. The summed E-state index contributed by atoms with van der Waals surface area (Å²) in [6.07, 6.45) is 8.44. The zero-order valence-electron chi connectivity index (χ0n) is 15.8. The highest BCUT2D eigenvalue weighted by Gasteiger charge is 2.24. The lowest BCUT2D eigenvalue weighted by Gasteiger charge is -2.24. The van der Waals surface area contributed by atoms with E-state index in [-0.39, 0.29) is 23.1 Å². The molecule has 1 aromatic rings. The predicted molar refractivity (Wildman–Crippen MR) is 100 cm³/mol. The Kier molecular flexibility index (Phi) is 9.90. The second kappa shape index (κ2) is 11.7. The maximum atomic E-state index is 12.6. The van der Waals surface area contributed by atoms with Crippen LogP contribution in [-0.2, 0) is 4.74 Å². The van der Waals surface area contributed by atoms with Crippen molar-refractivity contribution in [3.05, 3.63) is 35.4 Å². The SMILES string of the molecule is CCCCCCC(OC(=O)c1ccccc1C(=O)O)C(C)CCCC. The zero-order valence-corrected chi connectivity index (χ0v) is 15.8. The van der Waals surface area contributed by atoms with E-state index in [0.717, 1.165) is 38.5 Å². The van der Waals surface area contributed by atoms with Crippen molar-refractivity contribution in [2.24, 2.45) is 5.92 Å². The third kappa shape index (κ3) is 7.29. The molecule has 2 unspecified atom stereocenters. The van der Waals surface area contributed by atoms with Crippen LogP contribution in [0.3, 0.4) is 0 Å². The van der Waals surface area contributed by atoms with Crippen molar-refractivity contribution >= 4 is 11.9 Å². The van der Waals surface area contributed by atoms with Crippen LogP contribution >= 0.6 is 0 Å². The smallest absolute Gasteiger partial charge is 0.339 e. The number of carbonyl (C=O) groups is 2. The van der Waals surface area contributed by atoms with E-state index in [1.165, 1.54) is 25.0 Å².